The summed E-state index contributed by atoms with van der Waals surface area (Å²) in [6.45, 7) is 2.76. The van der Waals surface area contributed by atoms with Crippen molar-refractivity contribution in [2.75, 3.05) is 5.32 Å². The van der Waals surface area contributed by atoms with Gasteiger partial charge in [0.2, 0.25) is 0 Å². The number of hydrogen-bond donors (Lipinski definition) is 2. The Labute approximate surface area is 96.3 Å². The summed E-state index contributed by atoms with van der Waals surface area (Å²) in [4.78, 5) is 4.13. The van der Waals surface area contributed by atoms with E-state index in [1.165, 1.54) is 0 Å². The lowest BCUT2D eigenvalue weighted by Crippen LogP contribution is -1.99. The molecule has 0 aliphatic heterocycles. The van der Waals surface area contributed by atoms with E-state index in [4.69, 9.17) is 0 Å². The molecule has 0 spiro atoms. The number of H-pyrrole nitrogens is 1. The monoisotopic (exact) mass is 266 g/mol. The van der Waals surface area contributed by atoms with Gasteiger partial charge < -0.3 is 5.32 Å². The zero-order valence-electron chi connectivity index (χ0n) is 8.29. The molecule has 0 atom stereocenters. The van der Waals surface area contributed by atoms with Gasteiger partial charge in [-0.3, -0.25) is 5.10 Å². The molecule has 0 saturated carbocycles. The summed E-state index contributed by atoms with van der Waals surface area (Å²) in [5.41, 5.74) is 3.25. The SMILES string of the molecule is Cc1[nH]ncc1CNc1ccc(Br)nc1. The topological polar surface area (TPSA) is 53.6 Å². The third-order valence-electron chi connectivity index (χ3n) is 2.14. The van der Waals surface area contributed by atoms with Crippen LogP contribution in [0.1, 0.15) is 11.3 Å². The number of aromatic nitrogens is 3. The molecule has 0 fully saturated rings. The van der Waals surface area contributed by atoms with Crippen molar-refractivity contribution in [3.05, 3.63) is 40.4 Å². The van der Waals surface area contributed by atoms with Crippen molar-refractivity contribution in [2.45, 2.75) is 13.5 Å². The van der Waals surface area contributed by atoms with Gasteiger partial charge in [0, 0.05) is 17.8 Å². The minimum absolute atomic E-state index is 0.756. The molecular formula is C10H11BrN4. The van der Waals surface area contributed by atoms with E-state index in [1.807, 2.05) is 25.3 Å². The normalized spacial score (nSPS) is 10.3. The zero-order chi connectivity index (χ0) is 10.7. The molecule has 0 amide bonds. The van der Waals surface area contributed by atoms with Crippen LogP contribution in [0.3, 0.4) is 0 Å². The average Bonchev–Trinajstić information content (AvgIpc) is 2.63. The highest BCUT2D eigenvalue weighted by atomic mass is 79.9. The second kappa shape index (κ2) is 4.44. The van der Waals surface area contributed by atoms with E-state index in [-0.39, 0.29) is 0 Å². The lowest BCUT2D eigenvalue weighted by atomic mass is 10.2. The molecule has 0 aliphatic rings. The molecule has 0 aliphatic carbocycles. The summed E-state index contributed by atoms with van der Waals surface area (Å²) in [5, 5.41) is 10.1. The first-order chi connectivity index (χ1) is 7.25. The van der Waals surface area contributed by atoms with Crippen LogP contribution in [0, 0.1) is 6.92 Å². The summed E-state index contributed by atoms with van der Waals surface area (Å²) in [6.07, 6.45) is 3.62. The summed E-state index contributed by atoms with van der Waals surface area (Å²) in [5.74, 6) is 0. The van der Waals surface area contributed by atoms with Crippen LogP contribution in [0.25, 0.3) is 0 Å². The molecule has 0 saturated heterocycles. The van der Waals surface area contributed by atoms with E-state index in [0.717, 1.165) is 28.1 Å². The summed E-state index contributed by atoms with van der Waals surface area (Å²) >= 11 is 3.29. The smallest absolute Gasteiger partial charge is 0.106 e. The molecule has 78 valence electrons. The van der Waals surface area contributed by atoms with Crippen molar-refractivity contribution in [3.63, 3.8) is 0 Å². The van der Waals surface area contributed by atoms with E-state index in [0.29, 0.717) is 0 Å². The van der Waals surface area contributed by atoms with Crippen LogP contribution in [0.15, 0.2) is 29.1 Å². The fourth-order valence-electron chi connectivity index (χ4n) is 1.23. The fraction of sp³-hybridized carbons (Fsp3) is 0.200. The molecule has 0 radical (unpaired) electrons. The Morgan fingerprint density at radius 1 is 1.40 bits per heavy atom. The number of pyridine rings is 1. The number of nitrogens with one attached hydrogen (secondary N) is 2. The first-order valence-electron chi connectivity index (χ1n) is 4.60. The van der Waals surface area contributed by atoms with Gasteiger partial charge in [0.25, 0.3) is 0 Å². The van der Waals surface area contributed by atoms with Crippen LogP contribution >= 0.6 is 15.9 Å². The molecule has 15 heavy (non-hydrogen) atoms. The van der Waals surface area contributed by atoms with Crippen LogP contribution in [0.4, 0.5) is 5.69 Å². The molecule has 2 aromatic rings. The van der Waals surface area contributed by atoms with Crippen molar-refractivity contribution < 1.29 is 0 Å². The van der Waals surface area contributed by atoms with Crippen LogP contribution in [-0.4, -0.2) is 15.2 Å². The highest BCUT2D eigenvalue weighted by Gasteiger charge is 1.99. The van der Waals surface area contributed by atoms with Gasteiger partial charge in [-0.25, -0.2) is 4.98 Å². The van der Waals surface area contributed by atoms with Gasteiger partial charge in [0.15, 0.2) is 0 Å². The largest absolute Gasteiger partial charge is 0.380 e. The number of aryl methyl sites for hydroxylation is 1. The molecule has 2 rings (SSSR count). The zero-order valence-corrected chi connectivity index (χ0v) is 9.87. The molecule has 2 heterocycles. The third kappa shape index (κ3) is 2.56. The maximum Gasteiger partial charge on any atom is 0.106 e. The van der Waals surface area contributed by atoms with Gasteiger partial charge in [0.05, 0.1) is 18.1 Å². The van der Waals surface area contributed by atoms with Gasteiger partial charge in [-0.15, -0.1) is 0 Å². The van der Waals surface area contributed by atoms with Crippen molar-refractivity contribution in [3.8, 4) is 0 Å². The number of halogens is 1. The number of aromatic amines is 1. The van der Waals surface area contributed by atoms with Crippen LogP contribution in [-0.2, 0) is 6.54 Å². The minimum Gasteiger partial charge on any atom is -0.380 e. The Morgan fingerprint density at radius 3 is 2.87 bits per heavy atom. The molecule has 0 bridgehead atoms. The number of hydrogen-bond acceptors (Lipinski definition) is 3. The Bertz CT molecular complexity index is 435. The lowest BCUT2D eigenvalue weighted by Gasteiger charge is -2.04. The quantitative estimate of drug-likeness (QED) is 0.840. The number of anilines is 1. The van der Waals surface area contributed by atoms with E-state index in [9.17, 15) is 0 Å². The Kier molecular flexibility index (Phi) is 3.01. The third-order valence-corrected chi connectivity index (χ3v) is 2.61. The van der Waals surface area contributed by atoms with Crippen LogP contribution < -0.4 is 5.32 Å². The van der Waals surface area contributed by atoms with Crippen molar-refractivity contribution in [2.24, 2.45) is 0 Å². The van der Waals surface area contributed by atoms with Crippen LogP contribution in [0.2, 0.25) is 0 Å². The van der Waals surface area contributed by atoms with E-state index >= 15 is 0 Å². The number of nitrogens with zero attached hydrogens (tertiary/aromatic N) is 2. The molecule has 0 aromatic carbocycles. The molecule has 0 unspecified atom stereocenters. The first kappa shape index (κ1) is 10.2. The summed E-state index contributed by atoms with van der Waals surface area (Å²) in [7, 11) is 0. The Balaban J connectivity index is 1.99. The second-order valence-corrected chi connectivity index (χ2v) is 4.06. The summed E-state index contributed by atoms with van der Waals surface area (Å²) < 4.78 is 0.840. The van der Waals surface area contributed by atoms with Gasteiger partial charge in [0.1, 0.15) is 4.60 Å². The van der Waals surface area contributed by atoms with E-state index < -0.39 is 0 Å². The molecule has 2 aromatic heterocycles. The van der Waals surface area contributed by atoms with Gasteiger partial charge >= 0.3 is 0 Å². The predicted molar refractivity (Wildman–Crippen MR) is 62.6 cm³/mol. The van der Waals surface area contributed by atoms with Crippen LogP contribution in [0.5, 0.6) is 0 Å². The van der Waals surface area contributed by atoms with Gasteiger partial charge in [-0.1, -0.05) is 0 Å². The standard InChI is InChI=1S/C10H11BrN4/c1-7-8(5-14-15-7)4-12-9-2-3-10(11)13-6-9/h2-3,5-6,12H,4H2,1H3,(H,14,15). The second-order valence-electron chi connectivity index (χ2n) is 3.24. The maximum atomic E-state index is 4.13. The highest BCUT2D eigenvalue weighted by Crippen LogP contribution is 2.12. The number of rotatable bonds is 3. The van der Waals surface area contributed by atoms with Gasteiger partial charge in [-0.05, 0) is 35.0 Å². The Morgan fingerprint density at radius 2 is 2.27 bits per heavy atom. The predicted octanol–water partition coefficient (Wildman–Crippen LogP) is 2.49. The molecule has 4 nitrogen and oxygen atoms in total. The van der Waals surface area contributed by atoms with Crippen molar-refractivity contribution >= 4 is 21.6 Å². The molecule has 5 heteroatoms. The maximum absolute atomic E-state index is 4.13. The summed E-state index contributed by atoms with van der Waals surface area (Å²) in [6, 6.07) is 3.89. The molecular weight excluding hydrogens is 256 g/mol. The lowest BCUT2D eigenvalue weighted by molar-refractivity contribution is 1.04. The molecule has 2 N–H and O–H groups in total. The Hall–Kier alpha value is -1.36. The van der Waals surface area contributed by atoms with E-state index in [2.05, 4.69) is 36.4 Å². The van der Waals surface area contributed by atoms with Gasteiger partial charge in [-0.2, -0.15) is 5.10 Å². The first-order valence-corrected chi connectivity index (χ1v) is 5.39. The average molecular weight is 267 g/mol. The highest BCUT2D eigenvalue weighted by molar-refractivity contribution is 9.10. The fourth-order valence-corrected chi connectivity index (χ4v) is 1.47. The van der Waals surface area contributed by atoms with E-state index in [1.54, 1.807) is 6.20 Å². The van der Waals surface area contributed by atoms with Crippen molar-refractivity contribution in [1.82, 2.24) is 15.2 Å². The minimum atomic E-state index is 0.756. The van der Waals surface area contributed by atoms with Crippen molar-refractivity contribution in [1.29, 1.82) is 0 Å².